The molecule has 0 bridgehead atoms. The third-order valence-corrected chi connectivity index (χ3v) is 3.95. The molecule has 0 aromatic carbocycles. The van der Waals surface area contributed by atoms with Crippen LogP contribution in [-0.4, -0.2) is 18.4 Å². The maximum Gasteiger partial charge on any atom is 0.223 e. The van der Waals surface area contributed by atoms with Crippen LogP contribution in [0.4, 0.5) is 0 Å². The summed E-state index contributed by atoms with van der Waals surface area (Å²) >= 11 is 0. The molecule has 0 aromatic rings. The van der Waals surface area contributed by atoms with Crippen LogP contribution >= 0.6 is 0 Å². The Kier molecular flexibility index (Phi) is 6.03. The van der Waals surface area contributed by atoms with Crippen molar-refractivity contribution in [2.45, 2.75) is 59.8 Å². The van der Waals surface area contributed by atoms with E-state index < -0.39 is 0 Å². The van der Waals surface area contributed by atoms with Gasteiger partial charge in [0.05, 0.1) is 0 Å². The summed E-state index contributed by atoms with van der Waals surface area (Å²) in [5.74, 6) is -0.234. The average Bonchev–Trinajstić information content (AvgIpc) is 3.10. The normalized spacial score (nSPS) is 18.4. The van der Waals surface area contributed by atoms with Gasteiger partial charge in [0.2, 0.25) is 11.8 Å². The van der Waals surface area contributed by atoms with Gasteiger partial charge < -0.3 is 11.1 Å². The van der Waals surface area contributed by atoms with Crippen LogP contribution in [-0.2, 0) is 9.59 Å². The molecule has 0 radical (unpaired) electrons. The summed E-state index contributed by atoms with van der Waals surface area (Å²) in [7, 11) is 0. The van der Waals surface area contributed by atoms with Crippen molar-refractivity contribution < 1.29 is 9.59 Å². The van der Waals surface area contributed by atoms with Crippen molar-refractivity contribution in [3.05, 3.63) is 0 Å². The van der Waals surface area contributed by atoms with Gasteiger partial charge >= 0.3 is 0 Å². The minimum atomic E-state index is -0.332. The lowest BCUT2D eigenvalue weighted by molar-refractivity contribution is -0.134. The molecule has 1 aliphatic rings. The highest BCUT2D eigenvalue weighted by Crippen LogP contribution is 2.37. The monoisotopic (exact) mass is 282 g/mol. The predicted molar refractivity (Wildman–Crippen MR) is 80.9 cm³/mol. The van der Waals surface area contributed by atoms with Gasteiger partial charge in [-0.05, 0) is 37.5 Å². The van der Waals surface area contributed by atoms with Crippen molar-refractivity contribution in [2.24, 2.45) is 28.9 Å². The molecule has 2 amide bonds. The Morgan fingerprint density at radius 2 is 1.85 bits per heavy atom. The summed E-state index contributed by atoms with van der Waals surface area (Å²) in [6.07, 6.45) is 4.98. The third-order valence-electron chi connectivity index (χ3n) is 3.95. The second-order valence-corrected chi connectivity index (χ2v) is 7.30. The van der Waals surface area contributed by atoms with Gasteiger partial charge in [-0.15, -0.1) is 0 Å². The van der Waals surface area contributed by atoms with Gasteiger partial charge in [-0.25, -0.2) is 0 Å². The molecular weight excluding hydrogens is 252 g/mol. The SMILES string of the molecule is CCNC(=O)[C@H](CC(C)(C)C)C(CCC1CC1)C(N)=O. The van der Waals surface area contributed by atoms with Crippen molar-refractivity contribution in [1.29, 1.82) is 0 Å². The Bertz CT molecular complexity index is 343. The molecule has 1 aliphatic carbocycles. The summed E-state index contributed by atoms with van der Waals surface area (Å²) in [6, 6.07) is 0. The van der Waals surface area contributed by atoms with Crippen LogP contribution < -0.4 is 11.1 Å². The standard InChI is InChI=1S/C16H30N2O2/c1-5-18-15(20)13(10-16(2,3)4)12(14(17)19)9-8-11-6-7-11/h11-13H,5-10H2,1-4H3,(H2,17,19)(H,18,20)/t12?,13-/m1/s1. The van der Waals surface area contributed by atoms with Crippen LogP contribution in [0.2, 0.25) is 0 Å². The fraction of sp³-hybridized carbons (Fsp3) is 0.875. The highest BCUT2D eigenvalue weighted by atomic mass is 16.2. The molecule has 2 atom stereocenters. The summed E-state index contributed by atoms with van der Waals surface area (Å²) in [5, 5.41) is 2.86. The first-order valence-corrected chi connectivity index (χ1v) is 7.81. The molecule has 1 saturated carbocycles. The summed E-state index contributed by atoms with van der Waals surface area (Å²) < 4.78 is 0. The molecule has 3 N–H and O–H groups in total. The molecule has 0 aromatic heterocycles. The molecule has 116 valence electrons. The fourth-order valence-electron chi connectivity index (χ4n) is 2.75. The molecule has 0 spiro atoms. The second kappa shape index (κ2) is 7.09. The van der Waals surface area contributed by atoms with E-state index in [1.807, 2.05) is 6.92 Å². The second-order valence-electron chi connectivity index (χ2n) is 7.30. The van der Waals surface area contributed by atoms with Crippen LogP contribution in [0.3, 0.4) is 0 Å². The van der Waals surface area contributed by atoms with E-state index in [1.54, 1.807) is 0 Å². The van der Waals surface area contributed by atoms with Crippen molar-refractivity contribution in [3.8, 4) is 0 Å². The van der Waals surface area contributed by atoms with Crippen molar-refractivity contribution in [3.63, 3.8) is 0 Å². The van der Waals surface area contributed by atoms with Crippen LogP contribution in [0.1, 0.15) is 59.8 Å². The smallest absolute Gasteiger partial charge is 0.223 e. The Morgan fingerprint density at radius 1 is 1.25 bits per heavy atom. The number of carbonyl (C=O) groups is 2. The lowest BCUT2D eigenvalue weighted by Crippen LogP contribution is -2.42. The van der Waals surface area contributed by atoms with E-state index >= 15 is 0 Å². The van der Waals surface area contributed by atoms with Gasteiger partial charge in [0, 0.05) is 18.4 Å². The van der Waals surface area contributed by atoms with Gasteiger partial charge in [0.1, 0.15) is 0 Å². The first-order valence-electron chi connectivity index (χ1n) is 7.81. The van der Waals surface area contributed by atoms with Crippen molar-refractivity contribution >= 4 is 11.8 Å². The van der Waals surface area contributed by atoms with E-state index in [4.69, 9.17) is 5.73 Å². The Morgan fingerprint density at radius 3 is 2.25 bits per heavy atom. The topological polar surface area (TPSA) is 72.2 Å². The molecule has 1 rings (SSSR count). The molecule has 0 heterocycles. The zero-order valence-corrected chi connectivity index (χ0v) is 13.4. The zero-order valence-electron chi connectivity index (χ0n) is 13.4. The van der Waals surface area contributed by atoms with Crippen molar-refractivity contribution in [2.75, 3.05) is 6.54 Å². The van der Waals surface area contributed by atoms with Gasteiger partial charge in [-0.3, -0.25) is 9.59 Å². The largest absolute Gasteiger partial charge is 0.369 e. The van der Waals surface area contributed by atoms with Gasteiger partial charge in [-0.1, -0.05) is 33.6 Å². The predicted octanol–water partition coefficient (Wildman–Crippen LogP) is 2.47. The molecule has 0 saturated heterocycles. The quantitative estimate of drug-likeness (QED) is 0.718. The van der Waals surface area contributed by atoms with E-state index in [1.165, 1.54) is 12.8 Å². The van der Waals surface area contributed by atoms with Gasteiger partial charge in [-0.2, -0.15) is 0 Å². The van der Waals surface area contributed by atoms with Gasteiger partial charge in [0.25, 0.3) is 0 Å². The zero-order chi connectivity index (χ0) is 15.3. The Hall–Kier alpha value is -1.06. The van der Waals surface area contributed by atoms with E-state index in [0.29, 0.717) is 13.0 Å². The molecule has 0 aliphatic heterocycles. The number of nitrogens with one attached hydrogen (secondary N) is 1. The lowest BCUT2D eigenvalue weighted by Gasteiger charge is -2.30. The van der Waals surface area contributed by atoms with Crippen LogP contribution in [0.5, 0.6) is 0 Å². The minimum Gasteiger partial charge on any atom is -0.369 e. The minimum absolute atomic E-state index is 0.00300. The highest BCUT2D eigenvalue weighted by molar-refractivity contribution is 5.86. The molecule has 4 nitrogen and oxygen atoms in total. The first-order chi connectivity index (χ1) is 9.24. The molecule has 1 unspecified atom stereocenters. The summed E-state index contributed by atoms with van der Waals surface area (Å²) in [4.78, 5) is 24.1. The maximum atomic E-state index is 12.3. The summed E-state index contributed by atoms with van der Waals surface area (Å²) in [6.45, 7) is 8.78. The van der Waals surface area contributed by atoms with Crippen LogP contribution in [0.25, 0.3) is 0 Å². The average molecular weight is 282 g/mol. The van der Waals surface area contributed by atoms with Crippen LogP contribution in [0.15, 0.2) is 0 Å². The third kappa shape index (κ3) is 5.93. The molecule has 4 heteroatoms. The first kappa shape index (κ1) is 17.0. The Labute approximate surface area is 122 Å². The maximum absolute atomic E-state index is 12.3. The van der Waals surface area contributed by atoms with Crippen molar-refractivity contribution in [1.82, 2.24) is 5.32 Å². The lowest BCUT2D eigenvalue weighted by atomic mass is 9.76. The number of primary amides is 1. The number of amides is 2. The molecule has 20 heavy (non-hydrogen) atoms. The number of rotatable bonds is 8. The fourth-order valence-corrected chi connectivity index (χ4v) is 2.75. The van der Waals surface area contributed by atoms with Crippen LogP contribution in [0, 0.1) is 23.2 Å². The highest BCUT2D eigenvalue weighted by Gasteiger charge is 2.36. The van der Waals surface area contributed by atoms with E-state index in [0.717, 1.165) is 18.8 Å². The number of carbonyl (C=O) groups excluding carboxylic acids is 2. The molecule has 1 fully saturated rings. The number of nitrogens with two attached hydrogens (primary N) is 1. The number of hydrogen-bond acceptors (Lipinski definition) is 2. The summed E-state index contributed by atoms with van der Waals surface area (Å²) in [5.41, 5.74) is 5.58. The van der Waals surface area contributed by atoms with Gasteiger partial charge in [0.15, 0.2) is 0 Å². The van der Waals surface area contributed by atoms with E-state index in [9.17, 15) is 9.59 Å². The molecular formula is C16H30N2O2. The Balaban J connectivity index is 2.77. The van der Waals surface area contributed by atoms with E-state index in [-0.39, 0.29) is 29.1 Å². The van der Waals surface area contributed by atoms with E-state index in [2.05, 4.69) is 26.1 Å². The number of hydrogen-bond donors (Lipinski definition) is 2.